The van der Waals surface area contributed by atoms with Crippen LogP contribution >= 0.6 is 24.0 Å². The van der Waals surface area contributed by atoms with Crippen molar-refractivity contribution in [2.75, 3.05) is 5.75 Å². The number of thioether (sulfide) groups is 1. The lowest BCUT2D eigenvalue weighted by Crippen LogP contribution is -2.39. The molecule has 0 radical (unpaired) electrons. The molecule has 0 bridgehead atoms. The van der Waals surface area contributed by atoms with E-state index in [1.54, 1.807) is 30.1 Å². The maximum Gasteiger partial charge on any atom is 0.271 e. The summed E-state index contributed by atoms with van der Waals surface area (Å²) >= 11 is 6.73. The van der Waals surface area contributed by atoms with Crippen LogP contribution in [0.25, 0.3) is 0 Å². The maximum absolute atomic E-state index is 11.7. The topological polar surface area (TPSA) is 54.0 Å². The molecule has 116 valence electrons. The van der Waals surface area contributed by atoms with Crippen molar-refractivity contribution < 1.29 is 4.79 Å². The monoisotopic (exact) mass is 325 g/mol. The number of carbonyl (C=O) groups excluding carboxylic acids is 1. The third-order valence-corrected chi connectivity index (χ3v) is 4.25. The molecule has 0 saturated heterocycles. The second-order valence-electron chi connectivity index (χ2n) is 4.72. The first-order valence-corrected chi connectivity index (χ1v) is 8.76. The van der Waals surface area contributed by atoms with E-state index in [0.717, 1.165) is 12.2 Å². The van der Waals surface area contributed by atoms with Crippen molar-refractivity contribution in [1.82, 2.24) is 15.8 Å². The molecule has 4 nitrogen and oxygen atoms in total. The molecule has 0 spiro atoms. The Kier molecular flexibility index (Phi) is 9.82. The zero-order chi connectivity index (χ0) is 15.3. The molecule has 0 aliphatic rings. The Morgan fingerprint density at radius 2 is 2.00 bits per heavy atom. The number of rotatable bonds is 8. The molecule has 1 aromatic heterocycles. The molecule has 21 heavy (non-hydrogen) atoms. The van der Waals surface area contributed by atoms with Crippen LogP contribution < -0.4 is 10.9 Å². The fraction of sp³-hybridized carbons (Fsp3) is 0.533. The van der Waals surface area contributed by atoms with Crippen LogP contribution in [0.15, 0.2) is 24.5 Å². The number of aromatic nitrogens is 1. The van der Waals surface area contributed by atoms with Crippen molar-refractivity contribution in [3.63, 3.8) is 0 Å². The summed E-state index contributed by atoms with van der Waals surface area (Å²) < 4.78 is 0.598. The highest BCUT2D eigenvalue weighted by molar-refractivity contribution is 8.22. The zero-order valence-corrected chi connectivity index (χ0v) is 14.1. The number of hydrazine groups is 1. The van der Waals surface area contributed by atoms with Gasteiger partial charge in [-0.15, -0.1) is 0 Å². The summed E-state index contributed by atoms with van der Waals surface area (Å²) in [5.74, 6) is 0.756. The first kappa shape index (κ1) is 17.9. The van der Waals surface area contributed by atoms with E-state index in [2.05, 4.69) is 22.8 Å². The largest absolute Gasteiger partial charge is 0.283 e. The van der Waals surface area contributed by atoms with E-state index < -0.39 is 0 Å². The standard InChI is InChI=1S/C15H23N3OS2/c1-2-3-4-5-6-7-11-21-15(20)18-17-14(19)13-9-8-10-16-12-13/h8-10,12H,2-7,11H2,1H3,(H,17,19)(H,18,20). The van der Waals surface area contributed by atoms with Crippen LogP contribution in [0.3, 0.4) is 0 Å². The van der Waals surface area contributed by atoms with Crippen molar-refractivity contribution in [3.8, 4) is 0 Å². The van der Waals surface area contributed by atoms with E-state index >= 15 is 0 Å². The van der Waals surface area contributed by atoms with Gasteiger partial charge in [0.1, 0.15) is 0 Å². The van der Waals surface area contributed by atoms with Crippen LogP contribution in [0.1, 0.15) is 55.8 Å². The van der Waals surface area contributed by atoms with Crippen molar-refractivity contribution in [3.05, 3.63) is 30.1 Å². The molecule has 1 heterocycles. The van der Waals surface area contributed by atoms with Gasteiger partial charge in [-0.3, -0.25) is 20.6 Å². The van der Waals surface area contributed by atoms with E-state index in [1.807, 2.05) is 0 Å². The molecule has 0 aliphatic carbocycles. The Balaban J connectivity index is 2.05. The number of nitrogens with zero attached hydrogens (tertiary/aromatic N) is 1. The molecule has 0 aromatic carbocycles. The first-order chi connectivity index (χ1) is 10.2. The lowest BCUT2D eigenvalue weighted by molar-refractivity contribution is 0.0944. The molecule has 6 heteroatoms. The van der Waals surface area contributed by atoms with Gasteiger partial charge in [0.15, 0.2) is 4.32 Å². The average molecular weight is 326 g/mol. The smallest absolute Gasteiger partial charge is 0.271 e. The minimum atomic E-state index is -0.231. The fourth-order valence-corrected chi connectivity index (χ4v) is 2.72. The highest BCUT2D eigenvalue weighted by Gasteiger charge is 2.05. The predicted molar refractivity (Wildman–Crippen MR) is 93.3 cm³/mol. The van der Waals surface area contributed by atoms with Crippen LogP contribution in [-0.4, -0.2) is 21.0 Å². The van der Waals surface area contributed by atoms with Gasteiger partial charge in [0.05, 0.1) is 5.56 Å². The average Bonchev–Trinajstić information content (AvgIpc) is 2.52. The minimum absolute atomic E-state index is 0.231. The summed E-state index contributed by atoms with van der Waals surface area (Å²) in [7, 11) is 0. The van der Waals surface area contributed by atoms with Gasteiger partial charge < -0.3 is 0 Å². The van der Waals surface area contributed by atoms with E-state index in [9.17, 15) is 4.79 Å². The normalized spacial score (nSPS) is 10.1. The van der Waals surface area contributed by atoms with Gasteiger partial charge in [-0.1, -0.05) is 63.0 Å². The van der Waals surface area contributed by atoms with Gasteiger partial charge >= 0.3 is 0 Å². The van der Waals surface area contributed by atoms with Crippen molar-refractivity contribution >= 4 is 34.2 Å². The zero-order valence-electron chi connectivity index (χ0n) is 12.4. The first-order valence-electron chi connectivity index (χ1n) is 7.37. The minimum Gasteiger partial charge on any atom is -0.283 e. The molecule has 0 unspecified atom stereocenters. The van der Waals surface area contributed by atoms with Crippen LogP contribution in [0.4, 0.5) is 0 Å². The number of hydrogen-bond donors (Lipinski definition) is 2. The Morgan fingerprint density at radius 1 is 1.24 bits per heavy atom. The summed E-state index contributed by atoms with van der Waals surface area (Å²) in [4.78, 5) is 15.6. The van der Waals surface area contributed by atoms with Crippen LogP contribution in [-0.2, 0) is 0 Å². The molecule has 0 saturated carbocycles. The molecular formula is C15H23N3OS2. The highest BCUT2D eigenvalue weighted by atomic mass is 32.2. The van der Waals surface area contributed by atoms with E-state index in [4.69, 9.17) is 12.2 Å². The predicted octanol–water partition coefficient (Wildman–Crippen LogP) is 3.69. The summed E-state index contributed by atoms with van der Waals surface area (Å²) in [6, 6.07) is 3.43. The quantitative estimate of drug-likeness (QED) is 0.434. The molecule has 0 aliphatic heterocycles. The summed E-state index contributed by atoms with van der Waals surface area (Å²) in [5.41, 5.74) is 5.84. The molecule has 1 aromatic rings. The van der Waals surface area contributed by atoms with Gasteiger partial charge in [0.25, 0.3) is 5.91 Å². The Bertz CT molecular complexity index is 426. The number of amides is 1. The lowest BCUT2D eigenvalue weighted by Gasteiger charge is -2.08. The van der Waals surface area contributed by atoms with Gasteiger partial charge in [0, 0.05) is 18.1 Å². The van der Waals surface area contributed by atoms with Crippen molar-refractivity contribution in [1.29, 1.82) is 0 Å². The van der Waals surface area contributed by atoms with Crippen LogP contribution in [0.5, 0.6) is 0 Å². The summed E-state index contributed by atoms with van der Waals surface area (Å²) in [6.07, 6.45) is 10.8. The van der Waals surface area contributed by atoms with E-state index in [-0.39, 0.29) is 5.91 Å². The van der Waals surface area contributed by atoms with Crippen LogP contribution in [0.2, 0.25) is 0 Å². The lowest BCUT2D eigenvalue weighted by atomic mass is 10.1. The Labute approximate surface area is 136 Å². The number of nitrogens with one attached hydrogen (secondary N) is 2. The van der Waals surface area contributed by atoms with Crippen molar-refractivity contribution in [2.24, 2.45) is 0 Å². The van der Waals surface area contributed by atoms with Gasteiger partial charge in [-0.2, -0.15) is 0 Å². The molecular weight excluding hydrogens is 302 g/mol. The number of thiocarbonyl (C=S) groups is 1. The Hall–Kier alpha value is -1.14. The van der Waals surface area contributed by atoms with Gasteiger partial charge in [-0.25, -0.2) is 0 Å². The van der Waals surface area contributed by atoms with E-state index in [0.29, 0.717) is 9.88 Å². The third kappa shape index (κ3) is 8.67. The SMILES string of the molecule is CCCCCCCCSC(=S)NNC(=O)c1cccnc1. The molecule has 0 fully saturated rings. The molecule has 2 N–H and O–H groups in total. The number of hydrogen-bond acceptors (Lipinski definition) is 4. The molecule has 1 amide bonds. The number of pyridine rings is 1. The fourth-order valence-electron chi connectivity index (χ4n) is 1.76. The van der Waals surface area contributed by atoms with Gasteiger partial charge in [-0.05, 0) is 18.6 Å². The number of carbonyl (C=O) groups is 1. The maximum atomic E-state index is 11.7. The second-order valence-corrected chi connectivity index (χ2v) is 6.50. The van der Waals surface area contributed by atoms with E-state index in [1.165, 1.54) is 38.3 Å². The summed E-state index contributed by atoms with van der Waals surface area (Å²) in [5, 5.41) is 0. The third-order valence-electron chi connectivity index (χ3n) is 2.93. The second kappa shape index (κ2) is 11.5. The molecule has 1 rings (SSSR count). The van der Waals surface area contributed by atoms with Gasteiger partial charge in [0.2, 0.25) is 0 Å². The Morgan fingerprint density at radius 3 is 2.71 bits per heavy atom. The summed E-state index contributed by atoms with van der Waals surface area (Å²) in [6.45, 7) is 2.22. The van der Waals surface area contributed by atoms with Crippen LogP contribution in [0, 0.1) is 0 Å². The van der Waals surface area contributed by atoms with Crippen molar-refractivity contribution in [2.45, 2.75) is 45.4 Å². The molecule has 0 atom stereocenters. The highest BCUT2D eigenvalue weighted by Crippen LogP contribution is 2.10. The number of unbranched alkanes of at least 4 members (excludes halogenated alkanes) is 5.